The number of alkyl halides is 3. The van der Waals surface area contributed by atoms with Gasteiger partial charge in [-0.1, -0.05) is 0 Å². The van der Waals surface area contributed by atoms with E-state index < -0.39 is 12.1 Å². The van der Waals surface area contributed by atoms with Gasteiger partial charge in [0.25, 0.3) is 5.91 Å². The van der Waals surface area contributed by atoms with E-state index in [-0.39, 0.29) is 5.91 Å². The minimum absolute atomic E-state index is 0.130. The topological polar surface area (TPSA) is 73.7 Å². The molecule has 3 fully saturated rings. The first-order valence-electron chi connectivity index (χ1n) is 8.94. The third kappa shape index (κ3) is 5.41. The van der Waals surface area contributed by atoms with Gasteiger partial charge in [-0.15, -0.1) is 11.3 Å². The molecule has 2 atom stereocenters. The van der Waals surface area contributed by atoms with Crippen LogP contribution in [0, 0.1) is 17.8 Å². The molecule has 1 N–H and O–H groups in total. The molecule has 0 aromatic carbocycles. The van der Waals surface area contributed by atoms with Crippen molar-refractivity contribution in [3.63, 3.8) is 0 Å². The third-order valence-corrected chi connectivity index (χ3v) is 5.86. The lowest BCUT2D eigenvalue weighted by Crippen LogP contribution is -2.43. The van der Waals surface area contributed by atoms with Crippen LogP contribution in [0.4, 0.5) is 13.2 Å². The number of piperidine rings is 1. The summed E-state index contributed by atoms with van der Waals surface area (Å²) in [6.07, 6.45) is -1.05. The number of aromatic nitrogens is 1. The molecule has 1 saturated carbocycles. The van der Waals surface area contributed by atoms with Crippen molar-refractivity contribution >= 4 is 23.2 Å². The summed E-state index contributed by atoms with van der Waals surface area (Å²) in [5.74, 6) is -0.154. The van der Waals surface area contributed by atoms with Crippen molar-refractivity contribution in [2.24, 2.45) is 17.8 Å². The van der Waals surface area contributed by atoms with Crippen LogP contribution in [0.2, 0.25) is 0 Å². The van der Waals surface area contributed by atoms with E-state index in [4.69, 9.17) is 9.90 Å². The highest BCUT2D eigenvalue weighted by atomic mass is 32.1. The number of amides is 1. The second-order valence-corrected chi connectivity index (χ2v) is 8.12. The SMILES string of the molecule is O=C(O)C(F)(F)F.O=C(c1cscn1)N1CC[C@@H]2CN(CC3CC3)C[C@@H]2C1. The van der Waals surface area contributed by atoms with Crippen molar-refractivity contribution in [3.8, 4) is 0 Å². The Kier molecular flexibility index (Phi) is 6.05. The van der Waals surface area contributed by atoms with Crippen LogP contribution in [0.15, 0.2) is 10.9 Å². The lowest BCUT2D eigenvalue weighted by atomic mass is 9.88. The molecule has 4 rings (SSSR count). The molecule has 3 heterocycles. The van der Waals surface area contributed by atoms with Gasteiger partial charge in [-0.25, -0.2) is 9.78 Å². The number of aliphatic carboxylic acids is 1. The number of fused-ring (bicyclic) bond motifs is 1. The summed E-state index contributed by atoms with van der Waals surface area (Å²) in [7, 11) is 0. The van der Waals surface area contributed by atoms with Gasteiger partial charge >= 0.3 is 12.1 Å². The first-order valence-corrected chi connectivity index (χ1v) is 9.88. The Balaban J connectivity index is 0.000000260. The molecule has 27 heavy (non-hydrogen) atoms. The molecule has 1 aromatic rings. The summed E-state index contributed by atoms with van der Waals surface area (Å²) in [5, 5.41) is 8.99. The van der Waals surface area contributed by atoms with E-state index in [0.717, 1.165) is 24.9 Å². The highest BCUT2D eigenvalue weighted by molar-refractivity contribution is 7.07. The molecule has 0 bridgehead atoms. The predicted octanol–water partition coefficient (Wildman–Crippen LogP) is 2.58. The zero-order chi connectivity index (χ0) is 19.6. The van der Waals surface area contributed by atoms with Crippen molar-refractivity contribution in [1.82, 2.24) is 14.8 Å². The Morgan fingerprint density at radius 1 is 1.19 bits per heavy atom. The van der Waals surface area contributed by atoms with E-state index in [0.29, 0.717) is 11.6 Å². The van der Waals surface area contributed by atoms with Crippen LogP contribution in [-0.4, -0.2) is 70.7 Å². The van der Waals surface area contributed by atoms with Gasteiger partial charge in [0.15, 0.2) is 0 Å². The van der Waals surface area contributed by atoms with Gasteiger partial charge in [0.05, 0.1) is 5.51 Å². The fraction of sp³-hybridized carbons (Fsp3) is 0.706. The first kappa shape index (κ1) is 20.1. The molecular weight excluding hydrogens is 383 g/mol. The molecule has 1 aliphatic carbocycles. The number of hydrogen-bond acceptors (Lipinski definition) is 5. The number of thiazole rings is 1. The molecule has 3 aliphatic rings. The molecule has 0 radical (unpaired) electrons. The molecule has 150 valence electrons. The summed E-state index contributed by atoms with van der Waals surface area (Å²) >= 11 is 1.50. The van der Waals surface area contributed by atoms with Gasteiger partial charge in [0, 0.05) is 38.1 Å². The zero-order valence-electron chi connectivity index (χ0n) is 14.7. The Hall–Kier alpha value is -1.68. The predicted molar refractivity (Wildman–Crippen MR) is 92.5 cm³/mol. The number of rotatable bonds is 3. The van der Waals surface area contributed by atoms with Crippen molar-refractivity contribution in [3.05, 3.63) is 16.6 Å². The second-order valence-electron chi connectivity index (χ2n) is 7.40. The van der Waals surface area contributed by atoms with Gasteiger partial charge < -0.3 is 14.9 Å². The molecule has 2 saturated heterocycles. The Morgan fingerprint density at radius 2 is 1.85 bits per heavy atom. The Morgan fingerprint density at radius 3 is 2.41 bits per heavy atom. The fourth-order valence-corrected chi connectivity index (χ4v) is 4.27. The monoisotopic (exact) mass is 405 g/mol. The number of carboxylic acid groups (broad SMARTS) is 1. The summed E-state index contributed by atoms with van der Waals surface area (Å²) in [6, 6.07) is 0. The number of hydrogen-bond donors (Lipinski definition) is 1. The maximum absolute atomic E-state index is 12.4. The summed E-state index contributed by atoms with van der Waals surface area (Å²) in [6.45, 7) is 5.60. The molecule has 0 unspecified atom stereocenters. The van der Waals surface area contributed by atoms with Gasteiger partial charge in [0.2, 0.25) is 0 Å². The van der Waals surface area contributed by atoms with Crippen molar-refractivity contribution < 1.29 is 27.9 Å². The lowest BCUT2D eigenvalue weighted by molar-refractivity contribution is -0.192. The minimum atomic E-state index is -5.08. The standard InChI is InChI=1S/C15H21N3OS.C2HF3O2/c19-15(14-9-20-10-16-14)18-4-3-12-6-17(5-11-1-2-11)7-13(12)8-18;3-2(4,5)1(6)7/h9-13H,1-8H2;(H,6,7)/t12-,13-;/m1./s1. The van der Waals surface area contributed by atoms with Crippen LogP contribution < -0.4 is 0 Å². The number of nitrogens with zero attached hydrogens (tertiary/aromatic N) is 3. The number of carboxylic acids is 1. The molecule has 6 nitrogen and oxygen atoms in total. The van der Waals surface area contributed by atoms with Gasteiger partial charge in [0.1, 0.15) is 5.69 Å². The highest BCUT2D eigenvalue weighted by Crippen LogP contribution is 2.36. The minimum Gasteiger partial charge on any atom is -0.475 e. The molecule has 1 amide bonds. The molecule has 1 aromatic heterocycles. The van der Waals surface area contributed by atoms with E-state index in [2.05, 4.69) is 9.88 Å². The van der Waals surface area contributed by atoms with Crippen LogP contribution in [0.1, 0.15) is 29.8 Å². The number of likely N-dealkylation sites (tertiary alicyclic amines) is 2. The van der Waals surface area contributed by atoms with Gasteiger partial charge in [-0.2, -0.15) is 13.2 Å². The van der Waals surface area contributed by atoms with Crippen molar-refractivity contribution in [2.45, 2.75) is 25.4 Å². The number of halogens is 3. The average Bonchev–Trinajstić information content (AvgIpc) is 3.11. The zero-order valence-corrected chi connectivity index (χ0v) is 15.5. The largest absolute Gasteiger partial charge is 0.490 e. The summed E-state index contributed by atoms with van der Waals surface area (Å²) in [4.78, 5) is 30.1. The fourth-order valence-electron chi connectivity index (χ4n) is 3.75. The molecule has 2 aliphatic heterocycles. The van der Waals surface area contributed by atoms with Crippen LogP contribution in [-0.2, 0) is 4.79 Å². The van der Waals surface area contributed by atoms with E-state index in [1.54, 1.807) is 5.51 Å². The van der Waals surface area contributed by atoms with Crippen LogP contribution in [0.5, 0.6) is 0 Å². The normalized spacial score (nSPS) is 25.5. The summed E-state index contributed by atoms with van der Waals surface area (Å²) in [5.41, 5.74) is 2.37. The number of carbonyl (C=O) groups is 2. The van der Waals surface area contributed by atoms with E-state index in [9.17, 15) is 18.0 Å². The van der Waals surface area contributed by atoms with Crippen molar-refractivity contribution in [2.75, 3.05) is 32.7 Å². The quantitative estimate of drug-likeness (QED) is 0.837. The van der Waals surface area contributed by atoms with Gasteiger partial charge in [-0.3, -0.25) is 4.79 Å². The maximum Gasteiger partial charge on any atom is 0.490 e. The summed E-state index contributed by atoms with van der Waals surface area (Å²) < 4.78 is 31.7. The van der Waals surface area contributed by atoms with Crippen LogP contribution in [0.3, 0.4) is 0 Å². The first-order chi connectivity index (χ1) is 12.7. The molecule has 10 heteroatoms. The van der Waals surface area contributed by atoms with E-state index >= 15 is 0 Å². The van der Waals surface area contributed by atoms with Gasteiger partial charge in [-0.05, 0) is 37.0 Å². The Bertz CT molecular complexity index is 664. The van der Waals surface area contributed by atoms with Crippen LogP contribution >= 0.6 is 11.3 Å². The van der Waals surface area contributed by atoms with E-state index in [1.807, 2.05) is 10.3 Å². The second kappa shape index (κ2) is 8.14. The molecular formula is C17H22F3N3O3S. The average molecular weight is 405 g/mol. The lowest BCUT2D eigenvalue weighted by Gasteiger charge is -2.34. The third-order valence-electron chi connectivity index (χ3n) is 5.27. The van der Waals surface area contributed by atoms with Crippen LogP contribution in [0.25, 0.3) is 0 Å². The van der Waals surface area contributed by atoms with Crippen molar-refractivity contribution in [1.29, 1.82) is 0 Å². The highest BCUT2D eigenvalue weighted by Gasteiger charge is 2.40. The van der Waals surface area contributed by atoms with E-state index in [1.165, 1.54) is 50.2 Å². The molecule has 0 spiro atoms. The smallest absolute Gasteiger partial charge is 0.475 e. The Labute approximate surface area is 159 Å². The number of carbonyl (C=O) groups excluding carboxylic acids is 1. The maximum atomic E-state index is 12.4.